The largest absolute Gasteiger partial charge is 0.444 e. The van der Waals surface area contributed by atoms with Crippen LogP contribution in [0.15, 0.2) is 70.3 Å². The van der Waals surface area contributed by atoms with Crippen molar-refractivity contribution >= 4 is 29.9 Å². The Morgan fingerprint density at radius 2 is 1.87 bits per heavy atom. The monoisotopic (exact) mass is 524 g/mol. The SMILES string of the molecule is CN=C(NCCc1coc(-c2ccc(F)cc2)n1)NCC(CO)c1ccccc1.I. The quantitative estimate of drug-likeness (QED) is 0.239. The Morgan fingerprint density at radius 3 is 2.53 bits per heavy atom. The van der Waals surface area contributed by atoms with Gasteiger partial charge in [0, 0.05) is 38.0 Å². The fourth-order valence-corrected chi connectivity index (χ4v) is 2.91. The van der Waals surface area contributed by atoms with Crippen LogP contribution < -0.4 is 10.6 Å². The average molecular weight is 524 g/mol. The summed E-state index contributed by atoms with van der Waals surface area (Å²) in [5, 5.41) is 16.1. The van der Waals surface area contributed by atoms with Crippen LogP contribution in [-0.4, -0.2) is 42.8 Å². The Bertz CT molecular complexity index is 916. The number of oxazole rings is 1. The number of hydrogen-bond donors (Lipinski definition) is 3. The molecule has 30 heavy (non-hydrogen) atoms. The van der Waals surface area contributed by atoms with Crippen molar-refractivity contribution in [2.75, 3.05) is 26.7 Å². The van der Waals surface area contributed by atoms with E-state index < -0.39 is 0 Å². The van der Waals surface area contributed by atoms with Gasteiger partial charge in [-0.3, -0.25) is 4.99 Å². The first-order valence-electron chi connectivity index (χ1n) is 9.50. The van der Waals surface area contributed by atoms with E-state index in [4.69, 9.17) is 4.42 Å². The molecule has 0 aliphatic rings. The van der Waals surface area contributed by atoms with Crippen LogP contribution in [0.2, 0.25) is 0 Å². The van der Waals surface area contributed by atoms with Gasteiger partial charge in [-0.05, 0) is 29.8 Å². The van der Waals surface area contributed by atoms with Crippen LogP contribution in [0.5, 0.6) is 0 Å². The third-order valence-corrected chi connectivity index (χ3v) is 4.55. The number of halogens is 2. The van der Waals surface area contributed by atoms with Gasteiger partial charge >= 0.3 is 0 Å². The Morgan fingerprint density at radius 1 is 1.13 bits per heavy atom. The Kier molecular flexibility index (Phi) is 9.75. The summed E-state index contributed by atoms with van der Waals surface area (Å²) in [4.78, 5) is 8.65. The number of aliphatic hydroxyl groups is 1. The zero-order valence-corrected chi connectivity index (χ0v) is 19.0. The fourth-order valence-electron chi connectivity index (χ4n) is 2.91. The highest BCUT2D eigenvalue weighted by Crippen LogP contribution is 2.19. The molecule has 6 nitrogen and oxygen atoms in total. The van der Waals surface area contributed by atoms with Gasteiger partial charge in [-0.1, -0.05) is 30.3 Å². The van der Waals surface area contributed by atoms with Gasteiger partial charge in [0.25, 0.3) is 0 Å². The number of rotatable bonds is 8. The molecule has 0 aliphatic carbocycles. The van der Waals surface area contributed by atoms with Crippen LogP contribution >= 0.6 is 24.0 Å². The van der Waals surface area contributed by atoms with Crippen molar-refractivity contribution in [1.82, 2.24) is 15.6 Å². The number of guanidine groups is 1. The molecule has 160 valence electrons. The van der Waals surface area contributed by atoms with E-state index in [2.05, 4.69) is 20.6 Å². The summed E-state index contributed by atoms with van der Waals surface area (Å²) in [6, 6.07) is 15.9. The maximum Gasteiger partial charge on any atom is 0.226 e. The molecular weight excluding hydrogens is 498 g/mol. The predicted octanol–water partition coefficient (Wildman–Crippen LogP) is 3.58. The second-order valence-electron chi connectivity index (χ2n) is 6.57. The van der Waals surface area contributed by atoms with Gasteiger partial charge in [0.2, 0.25) is 5.89 Å². The zero-order chi connectivity index (χ0) is 20.5. The van der Waals surface area contributed by atoms with Crippen molar-refractivity contribution in [3.8, 4) is 11.5 Å². The van der Waals surface area contributed by atoms with Gasteiger partial charge in [0.15, 0.2) is 5.96 Å². The molecule has 0 saturated carbocycles. The minimum absolute atomic E-state index is 0. The van der Waals surface area contributed by atoms with Crippen molar-refractivity contribution < 1.29 is 13.9 Å². The molecule has 3 rings (SSSR count). The second kappa shape index (κ2) is 12.3. The molecule has 1 heterocycles. The molecule has 0 fully saturated rings. The number of nitrogens with zero attached hydrogens (tertiary/aromatic N) is 2. The van der Waals surface area contributed by atoms with Gasteiger partial charge in [-0.2, -0.15) is 0 Å². The first-order valence-corrected chi connectivity index (χ1v) is 9.50. The Labute approximate surface area is 192 Å². The van der Waals surface area contributed by atoms with Crippen molar-refractivity contribution in [3.63, 3.8) is 0 Å². The van der Waals surface area contributed by atoms with E-state index in [9.17, 15) is 9.50 Å². The number of aromatic nitrogens is 1. The molecule has 1 unspecified atom stereocenters. The lowest BCUT2D eigenvalue weighted by Crippen LogP contribution is -2.40. The third kappa shape index (κ3) is 6.81. The maximum atomic E-state index is 13.0. The molecule has 2 aromatic carbocycles. The van der Waals surface area contributed by atoms with E-state index in [1.807, 2.05) is 30.3 Å². The van der Waals surface area contributed by atoms with Crippen LogP contribution in [0, 0.1) is 5.82 Å². The molecule has 0 aliphatic heterocycles. The molecule has 1 aromatic heterocycles. The smallest absolute Gasteiger partial charge is 0.226 e. The first kappa shape index (κ1) is 23.8. The van der Waals surface area contributed by atoms with Gasteiger partial charge in [0.1, 0.15) is 12.1 Å². The summed E-state index contributed by atoms with van der Waals surface area (Å²) in [6.07, 6.45) is 2.25. The molecule has 0 radical (unpaired) electrons. The third-order valence-electron chi connectivity index (χ3n) is 4.55. The lowest BCUT2D eigenvalue weighted by Gasteiger charge is -2.18. The summed E-state index contributed by atoms with van der Waals surface area (Å²) in [6.45, 7) is 1.24. The van der Waals surface area contributed by atoms with E-state index >= 15 is 0 Å². The maximum absolute atomic E-state index is 13.0. The summed E-state index contributed by atoms with van der Waals surface area (Å²) in [5.74, 6) is 0.820. The number of hydrogen-bond acceptors (Lipinski definition) is 4. The molecule has 8 heteroatoms. The van der Waals surface area contributed by atoms with E-state index in [-0.39, 0.29) is 42.3 Å². The molecule has 0 bridgehead atoms. The van der Waals surface area contributed by atoms with E-state index in [0.717, 1.165) is 16.8 Å². The van der Waals surface area contributed by atoms with Crippen molar-refractivity contribution in [1.29, 1.82) is 0 Å². The van der Waals surface area contributed by atoms with Crippen LogP contribution in [0.1, 0.15) is 17.2 Å². The van der Waals surface area contributed by atoms with E-state index in [1.165, 1.54) is 12.1 Å². The topological polar surface area (TPSA) is 82.7 Å². The molecule has 0 amide bonds. The number of aliphatic imine (C=N–C) groups is 1. The number of aliphatic hydroxyl groups excluding tert-OH is 1. The van der Waals surface area contributed by atoms with E-state index in [1.54, 1.807) is 25.4 Å². The second-order valence-corrected chi connectivity index (χ2v) is 6.57. The molecular formula is C22H26FIN4O2. The minimum Gasteiger partial charge on any atom is -0.444 e. The highest BCUT2D eigenvalue weighted by molar-refractivity contribution is 14.0. The van der Waals surface area contributed by atoms with E-state index in [0.29, 0.717) is 31.4 Å². The van der Waals surface area contributed by atoms with Crippen LogP contribution in [-0.2, 0) is 6.42 Å². The molecule has 3 aromatic rings. The van der Waals surface area contributed by atoms with Crippen LogP contribution in [0.4, 0.5) is 4.39 Å². The lowest BCUT2D eigenvalue weighted by atomic mass is 10.0. The zero-order valence-electron chi connectivity index (χ0n) is 16.7. The van der Waals surface area contributed by atoms with Crippen LogP contribution in [0.25, 0.3) is 11.5 Å². The molecule has 1 atom stereocenters. The standard InChI is InChI=1S/C22H25FN4O2.HI/c1-24-22(26-13-18(14-28)16-5-3-2-4-6-16)25-12-11-20-15-29-21(27-20)17-7-9-19(23)10-8-17;/h2-10,15,18,28H,11-14H2,1H3,(H2,24,25,26);1H. The lowest BCUT2D eigenvalue weighted by molar-refractivity contribution is 0.265. The van der Waals surface area contributed by atoms with Gasteiger partial charge in [-0.15, -0.1) is 24.0 Å². The summed E-state index contributed by atoms with van der Waals surface area (Å²) >= 11 is 0. The normalized spacial score (nSPS) is 12.2. The van der Waals surface area contributed by atoms with Crippen LogP contribution in [0.3, 0.4) is 0 Å². The van der Waals surface area contributed by atoms with Crippen molar-refractivity contribution in [2.24, 2.45) is 4.99 Å². The minimum atomic E-state index is -0.292. The number of nitrogens with one attached hydrogen (secondary N) is 2. The highest BCUT2D eigenvalue weighted by atomic mass is 127. The molecule has 0 spiro atoms. The Balaban J connectivity index is 0.00000320. The molecule has 3 N–H and O–H groups in total. The summed E-state index contributed by atoms with van der Waals surface area (Å²) in [5.41, 5.74) is 2.61. The predicted molar refractivity (Wildman–Crippen MR) is 127 cm³/mol. The van der Waals surface area contributed by atoms with Gasteiger partial charge < -0.3 is 20.2 Å². The van der Waals surface area contributed by atoms with Gasteiger partial charge in [-0.25, -0.2) is 9.37 Å². The highest BCUT2D eigenvalue weighted by Gasteiger charge is 2.11. The Hall–Kier alpha value is -2.46. The first-order chi connectivity index (χ1) is 14.2. The van der Waals surface area contributed by atoms with Gasteiger partial charge in [0.05, 0.1) is 12.3 Å². The number of benzene rings is 2. The van der Waals surface area contributed by atoms with Crippen molar-refractivity contribution in [2.45, 2.75) is 12.3 Å². The fraction of sp³-hybridized carbons (Fsp3) is 0.273. The summed E-state index contributed by atoms with van der Waals surface area (Å²) < 4.78 is 18.5. The van der Waals surface area contributed by atoms with Crippen molar-refractivity contribution in [3.05, 3.63) is 77.9 Å². The average Bonchev–Trinajstić information content (AvgIpc) is 3.23. The molecule has 0 saturated heterocycles. The summed E-state index contributed by atoms with van der Waals surface area (Å²) in [7, 11) is 1.70.